The summed E-state index contributed by atoms with van der Waals surface area (Å²) in [5.74, 6) is 0.615. The summed E-state index contributed by atoms with van der Waals surface area (Å²) >= 11 is 5.93. The second kappa shape index (κ2) is 8.34. The molecule has 2 aromatic carbocycles. The number of rotatable bonds is 6. The Kier molecular flexibility index (Phi) is 5.91. The summed E-state index contributed by atoms with van der Waals surface area (Å²) in [6.07, 6.45) is 0. The number of nitrogens with one attached hydrogen (secondary N) is 1. The van der Waals surface area contributed by atoms with Gasteiger partial charge in [0.1, 0.15) is 5.76 Å². The Hall–Kier alpha value is -2.37. The molecule has 1 heterocycles. The maximum Gasteiger partial charge on any atom is 0.287 e. The van der Waals surface area contributed by atoms with Crippen LogP contribution in [0.1, 0.15) is 27.4 Å². The lowest BCUT2D eigenvalue weighted by atomic mass is 10.2. The number of carbonyl (C=O) groups excluding carboxylic acids is 1. The zero-order valence-electron chi connectivity index (χ0n) is 14.2. The standard InChI is InChI=1S/C20H18ClNO3S/c1-14-4-2-7-18(10-14)26(24)13-17-8-9-19(25-17)20(23)22-12-15-5-3-6-16(21)11-15/h2-11H,12-13H2,1H3,(H,22,23). The fraction of sp³-hybridized carbons (Fsp3) is 0.150. The van der Waals surface area contributed by atoms with Gasteiger partial charge in [0.15, 0.2) is 5.76 Å². The van der Waals surface area contributed by atoms with E-state index in [1.54, 1.807) is 24.3 Å². The van der Waals surface area contributed by atoms with Crippen molar-refractivity contribution in [2.75, 3.05) is 0 Å². The van der Waals surface area contributed by atoms with Crippen LogP contribution >= 0.6 is 11.6 Å². The van der Waals surface area contributed by atoms with E-state index in [9.17, 15) is 9.00 Å². The highest BCUT2D eigenvalue weighted by Gasteiger charge is 2.13. The van der Waals surface area contributed by atoms with E-state index in [1.165, 1.54) is 0 Å². The summed E-state index contributed by atoms with van der Waals surface area (Å²) in [6, 6.07) is 18.1. The van der Waals surface area contributed by atoms with Crippen LogP contribution in [0.15, 0.2) is 70.0 Å². The maximum atomic E-state index is 12.4. The van der Waals surface area contributed by atoms with Crippen molar-refractivity contribution >= 4 is 28.3 Å². The van der Waals surface area contributed by atoms with Gasteiger partial charge in [-0.25, -0.2) is 0 Å². The molecule has 0 aliphatic rings. The summed E-state index contributed by atoms with van der Waals surface area (Å²) in [6.45, 7) is 2.31. The van der Waals surface area contributed by atoms with Gasteiger partial charge in [0.25, 0.3) is 5.91 Å². The Morgan fingerprint density at radius 3 is 2.69 bits per heavy atom. The maximum absolute atomic E-state index is 12.4. The first-order valence-electron chi connectivity index (χ1n) is 8.07. The lowest BCUT2D eigenvalue weighted by Crippen LogP contribution is -2.22. The minimum atomic E-state index is -1.22. The van der Waals surface area contributed by atoms with Crippen LogP contribution in [-0.2, 0) is 23.1 Å². The quantitative estimate of drug-likeness (QED) is 0.678. The molecule has 3 rings (SSSR count). The third kappa shape index (κ3) is 4.84. The first kappa shape index (κ1) is 18.4. The molecule has 0 radical (unpaired) electrons. The third-order valence-corrected chi connectivity index (χ3v) is 5.31. The molecule has 4 nitrogen and oxygen atoms in total. The largest absolute Gasteiger partial charge is 0.455 e. The lowest BCUT2D eigenvalue weighted by Gasteiger charge is -2.04. The Labute approximate surface area is 159 Å². The fourth-order valence-electron chi connectivity index (χ4n) is 2.46. The van der Waals surface area contributed by atoms with E-state index in [0.717, 1.165) is 16.0 Å². The van der Waals surface area contributed by atoms with Gasteiger partial charge in [-0.2, -0.15) is 0 Å². The topological polar surface area (TPSA) is 59.3 Å². The van der Waals surface area contributed by atoms with Crippen LogP contribution in [0, 0.1) is 6.92 Å². The molecular formula is C20H18ClNO3S. The van der Waals surface area contributed by atoms with E-state index in [2.05, 4.69) is 5.32 Å². The molecule has 1 amide bonds. The van der Waals surface area contributed by atoms with Gasteiger partial charge < -0.3 is 9.73 Å². The minimum absolute atomic E-state index is 0.197. The number of hydrogen-bond acceptors (Lipinski definition) is 3. The van der Waals surface area contributed by atoms with E-state index in [-0.39, 0.29) is 17.4 Å². The monoisotopic (exact) mass is 387 g/mol. The number of halogens is 1. The van der Waals surface area contributed by atoms with Crippen LogP contribution in [0.2, 0.25) is 5.02 Å². The van der Waals surface area contributed by atoms with E-state index >= 15 is 0 Å². The Morgan fingerprint density at radius 2 is 1.92 bits per heavy atom. The van der Waals surface area contributed by atoms with Crippen molar-refractivity contribution in [3.63, 3.8) is 0 Å². The van der Waals surface area contributed by atoms with E-state index in [1.807, 2.05) is 43.3 Å². The SMILES string of the molecule is Cc1cccc(S(=O)Cc2ccc(C(=O)NCc3cccc(Cl)c3)o2)c1. The average molecular weight is 388 g/mol. The van der Waals surface area contributed by atoms with Crippen LogP contribution < -0.4 is 5.32 Å². The van der Waals surface area contributed by atoms with Crippen LogP contribution in [-0.4, -0.2) is 10.1 Å². The molecule has 1 atom stereocenters. The highest BCUT2D eigenvalue weighted by Crippen LogP contribution is 2.16. The van der Waals surface area contributed by atoms with Crippen molar-refractivity contribution < 1.29 is 13.4 Å². The zero-order chi connectivity index (χ0) is 18.5. The number of furan rings is 1. The van der Waals surface area contributed by atoms with E-state index in [0.29, 0.717) is 17.3 Å². The third-order valence-electron chi connectivity index (χ3n) is 3.75. The van der Waals surface area contributed by atoms with Gasteiger partial charge >= 0.3 is 0 Å². The van der Waals surface area contributed by atoms with Gasteiger partial charge in [0, 0.05) is 16.5 Å². The summed E-state index contributed by atoms with van der Waals surface area (Å²) < 4.78 is 18.0. The van der Waals surface area contributed by atoms with Crippen LogP contribution in [0.25, 0.3) is 0 Å². The molecule has 1 aromatic heterocycles. The number of benzene rings is 2. The van der Waals surface area contributed by atoms with Gasteiger partial charge in [0.2, 0.25) is 0 Å². The van der Waals surface area contributed by atoms with Crippen molar-refractivity contribution in [1.29, 1.82) is 0 Å². The Balaban J connectivity index is 1.60. The fourth-order valence-corrected chi connectivity index (χ4v) is 3.80. The second-order valence-corrected chi connectivity index (χ2v) is 7.77. The first-order valence-corrected chi connectivity index (χ1v) is 9.77. The molecule has 26 heavy (non-hydrogen) atoms. The predicted molar refractivity (Wildman–Crippen MR) is 103 cm³/mol. The molecule has 0 spiro atoms. The predicted octanol–water partition coefficient (Wildman–Crippen LogP) is 4.48. The van der Waals surface area contributed by atoms with Crippen molar-refractivity contribution in [3.05, 3.63) is 88.3 Å². The smallest absolute Gasteiger partial charge is 0.287 e. The molecule has 0 aliphatic heterocycles. The summed E-state index contributed by atoms with van der Waals surface area (Å²) in [5.41, 5.74) is 1.95. The van der Waals surface area contributed by atoms with Crippen LogP contribution in [0.4, 0.5) is 0 Å². The highest BCUT2D eigenvalue weighted by atomic mass is 35.5. The van der Waals surface area contributed by atoms with Crippen molar-refractivity contribution in [1.82, 2.24) is 5.32 Å². The average Bonchev–Trinajstić information content (AvgIpc) is 3.08. The van der Waals surface area contributed by atoms with Crippen molar-refractivity contribution in [2.24, 2.45) is 0 Å². The van der Waals surface area contributed by atoms with E-state index in [4.69, 9.17) is 16.0 Å². The minimum Gasteiger partial charge on any atom is -0.455 e. The number of aryl methyl sites for hydroxylation is 1. The van der Waals surface area contributed by atoms with Gasteiger partial charge in [-0.15, -0.1) is 0 Å². The van der Waals surface area contributed by atoms with Gasteiger partial charge in [-0.3, -0.25) is 9.00 Å². The number of carbonyl (C=O) groups is 1. The molecule has 1 N–H and O–H groups in total. The van der Waals surface area contributed by atoms with E-state index < -0.39 is 10.8 Å². The number of hydrogen-bond donors (Lipinski definition) is 1. The van der Waals surface area contributed by atoms with Crippen molar-refractivity contribution in [3.8, 4) is 0 Å². The molecular weight excluding hydrogens is 370 g/mol. The van der Waals surface area contributed by atoms with Gasteiger partial charge in [-0.1, -0.05) is 35.9 Å². The normalized spacial score (nSPS) is 11.9. The van der Waals surface area contributed by atoms with Crippen LogP contribution in [0.3, 0.4) is 0 Å². The molecule has 3 aromatic rings. The molecule has 0 saturated carbocycles. The molecule has 0 fully saturated rings. The Morgan fingerprint density at radius 1 is 1.12 bits per heavy atom. The molecule has 0 aliphatic carbocycles. The Bertz CT molecular complexity index is 951. The van der Waals surface area contributed by atoms with Gasteiger partial charge in [-0.05, 0) is 54.4 Å². The van der Waals surface area contributed by atoms with Crippen molar-refractivity contribution in [2.45, 2.75) is 24.1 Å². The molecule has 1 unspecified atom stereocenters. The molecule has 134 valence electrons. The zero-order valence-corrected chi connectivity index (χ0v) is 15.8. The van der Waals surface area contributed by atoms with Crippen LogP contribution in [0.5, 0.6) is 0 Å². The number of amides is 1. The lowest BCUT2D eigenvalue weighted by molar-refractivity contribution is 0.0921. The summed E-state index contributed by atoms with van der Waals surface area (Å²) in [7, 11) is -1.22. The van der Waals surface area contributed by atoms with Gasteiger partial charge in [0.05, 0.1) is 16.6 Å². The molecule has 6 heteroatoms. The first-order chi connectivity index (χ1) is 12.5. The molecule has 0 bridgehead atoms. The second-order valence-electron chi connectivity index (χ2n) is 5.88. The summed E-state index contributed by atoms with van der Waals surface area (Å²) in [4.78, 5) is 12.9. The highest BCUT2D eigenvalue weighted by molar-refractivity contribution is 7.84. The molecule has 0 saturated heterocycles. The summed E-state index contributed by atoms with van der Waals surface area (Å²) in [5, 5.41) is 3.40.